The molecule has 2 aromatic carbocycles. The fraction of sp³-hybridized carbons (Fsp3) is 0.192. The van der Waals surface area contributed by atoms with E-state index in [2.05, 4.69) is 41.8 Å². The molecule has 1 aliphatic heterocycles. The smallest absolute Gasteiger partial charge is 0.254 e. The summed E-state index contributed by atoms with van der Waals surface area (Å²) in [5.74, 6) is 1.89. The Labute approximate surface area is 186 Å². The van der Waals surface area contributed by atoms with E-state index >= 15 is 0 Å². The zero-order valence-corrected chi connectivity index (χ0v) is 17.9. The molecular formula is C26H24N2O4. The molecule has 0 N–H and O–H groups in total. The molecule has 162 valence electrons. The van der Waals surface area contributed by atoms with Crippen molar-refractivity contribution in [2.75, 3.05) is 6.79 Å². The number of carbonyl (C=O) groups excluding carboxylic acids is 1. The number of nitrogens with zero attached hydrogens (tertiary/aromatic N) is 2. The molecule has 0 unspecified atom stereocenters. The summed E-state index contributed by atoms with van der Waals surface area (Å²) in [6.07, 6.45) is 3.67. The quantitative estimate of drug-likeness (QED) is 0.415. The average molecular weight is 428 g/mol. The molecule has 6 heteroatoms. The first-order chi connectivity index (χ1) is 15.7. The van der Waals surface area contributed by atoms with E-state index in [1.54, 1.807) is 29.4 Å². The van der Waals surface area contributed by atoms with Crippen molar-refractivity contribution in [3.63, 3.8) is 0 Å². The molecule has 0 saturated heterocycles. The molecule has 3 heterocycles. The van der Waals surface area contributed by atoms with Crippen LogP contribution in [0.4, 0.5) is 0 Å². The molecule has 5 rings (SSSR count). The Hall–Kier alpha value is -3.93. The summed E-state index contributed by atoms with van der Waals surface area (Å²) in [5.41, 5.74) is 4.05. The van der Waals surface area contributed by atoms with Crippen LogP contribution in [0.5, 0.6) is 11.5 Å². The van der Waals surface area contributed by atoms with Crippen LogP contribution in [-0.4, -0.2) is 22.2 Å². The molecule has 0 aliphatic carbocycles. The highest BCUT2D eigenvalue weighted by Crippen LogP contribution is 2.33. The van der Waals surface area contributed by atoms with Gasteiger partial charge >= 0.3 is 0 Å². The molecule has 4 aromatic rings. The van der Waals surface area contributed by atoms with Gasteiger partial charge in [-0.3, -0.25) is 4.79 Å². The molecule has 0 saturated carbocycles. The molecule has 1 aliphatic rings. The zero-order valence-electron chi connectivity index (χ0n) is 17.9. The first kappa shape index (κ1) is 20.0. The third-order valence-electron chi connectivity index (χ3n) is 5.58. The number of fused-ring (bicyclic) bond motifs is 1. The highest BCUT2D eigenvalue weighted by Gasteiger charge is 2.22. The number of hydrogen-bond donors (Lipinski definition) is 0. The molecule has 0 fully saturated rings. The SMILES string of the molecule is Cc1ccc(Cn2cccc2CN(Cc2ccco2)C(=O)c2ccc3c(c2)OCO3)cc1. The van der Waals surface area contributed by atoms with Gasteiger partial charge in [0.05, 0.1) is 19.4 Å². The number of rotatable bonds is 7. The Morgan fingerprint density at radius 3 is 2.62 bits per heavy atom. The van der Waals surface area contributed by atoms with Gasteiger partial charge in [-0.1, -0.05) is 29.8 Å². The van der Waals surface area contributed by atoms with Gasteiger partial charge in [0, 0.05) is 24.0 Å². The number of hydrogen-bond acceptors (Lipinski definition) is 4. The van der Waals surface area contributed by atoms with Crippen LogP contribution in [0.25, 0.3) is 0 Å². The highest BCUT2D eigenvalue weighted by molar-refractivity contribution is 5.95. The maximum absolute atomic E-state index is 13.5. The number of amides is 1. The Kier molecular flexibility index (Phi) is 5.42. The average Bonchev–Trinajstić information content (AvgIpc) is 3.56. The van der Waals surface area contributed by atoms with Crippen molar-refractivity contribution in [1.29, 1.82) is 0 Å². The molecule has 6 nitrogen and oxygen atoms in total. The van der Waals surface area contributed by atoms with Gasteiger partial charge in [0.2, 0.25) is 6.79 Å². The Morgan fingerprint density at radius 2 is 1.81 bits per heavy atom. The molecule has 0 atom stereocenters. The Morgan fingerprint density at radius 1 is 0.969 bits per heavy atom. The lowest BCUT2D eigenvalue weighted by Crippen LogP contribution is -2.31. The van der Waals surface area contributed by atoms with Crippen LogP contribution < -0.4 is 9.47 Å². The summed E-state index contributed by atoms with van der Waals surface area (Å²) in [7, 11) is 0. The minimum absolute atomic E-state index is 0.0946. The second-order valence-corrected chi connectivity index (χ2v) is 7.92. The van der Waals surface area contributed by atoms with Gasteiger partial charge in [0.15, 0.2) is 11.5 Å². The van der Waals surface area contributed by atoms with Crippen molar-refractivity contribution in [1.82, 2.24) is 9.47 Å². The van der Waals surface area contributed by atoms with Crippen molar-refractivity contribution in [3.05, 3.63) is 107 Å². The van der Waals surface area contributed by atoms with Crippen LogP contribution in [0.1, 0.15) is 32.9 Å². The predicted octanol–water partition coefficient (Wildman–Crippen LogP) is 5.01. The maximum atomic E-state index is 13.5. The van der Waals surface area contributed by atoms with Crippen molar-refractivity contribution in [2.45, 2.75) is 26.6 Å². The van der Waals surface area contributed by atoms with Crippen molar-refractivity contribution in [2.24, 2.45) is 0 Å². The summed E-state index contributed by atoms with van der Waals surface area (Å²) in [6.45, 7) is 3.83. The largest absolute Gasteiger partial charge is 0.467 e. The molecule has 0 spiro atoms. The van der Waals surface area contributed by atoms with E-state index in [9.17, 15) is 4.79 Å². The van der Waals surface area contributed by atoms with Gasteiger partial charge in [-0.25, -0.2) is 0 Å². The number of furan rings is 1. The van der Waals surface area contributed by atoms with E-state index in [0.717, 1.165) is 18.0 Å². The second-order valence-electron chi connectivity index (χ2n) is 7.92. The number of ether oxygens (including phenoxy) is 2. The molecule has 32 heavy (non-hydrogen) atoms. The molecule has 2 aromatic heterocycles. The fourth-order valence-electron chi connectivity index (χ4n) is 3.84. The van der Waals surface area contributed by atoms with Gasteiger partial charge in [-0.05, 0) is 55.0 Å². The van der Waals surface area contributed by atoms with Crippen LogP contribution in [0.3, 0.4) is 0 Å². The van der Waals surface area contributed by atoms with E-state index in [1.807, 2.05) is 24.4 Å². The first-order valence-corrected chi connectivity index (χ1v) is 10.6. The van der Waals surface area contributed by atoms with Crippen molar-refractivity contribution in [3.8, 4) is 11.5 Å². The van der Waals surface area contributed by atoms with Crippen LogP contribution in [0, 0.1) is 6.92 Å². The van der Waals surface area contributed by atoms with Crippen molar-refractivity contribution >= 4 is 5.91 Å². The summed E-state index contributed by atoms with van der Waals surface area (Å²) in [4.78, 5) is 15.3. The molecular weight excluding hydrogens is 404 g/mol. The standard InChI is InChI=1S/C26H24N2O4/c1-19-6-8-20(9-7-19)15-27-12-2-4-22(27)16-28(17-23-5-3-13-30-23)26(29)21-10-11-24-25(14-21)32-18-31-24/h2-14H,15-18H2,1H3. The lowest BCUT2D eigenvalue weighted by molar-refractivity contribution is 0.0713. The fourth-order valence-corrected chi connectivity index (χ4v) is 3.84. The van der Waals surface area contributed by atoms with Gasteiger partial charge < -0.3 is 23.4 Å². The van der Waals surface area contributed by atoms with Gasteiger partial charge in [-0.2, -0.15) is 0 Å². The first-order valence-electron chi connectivity index (χ1n) is 10.6. The highest BCUT2D eigenvalue weighted by atomic mass is 16.7. The monoisotopic (exact) mass is 428 g/mol. The summed E-state index contributed by atoms with van der Waals surface area (Å²) < 4.78 is 18.5. The molecule has 1 amide bonds. The van der Waals surface area contributed by atoms with Gasteiger partial charge in [-0.15, -0.1) is 0 Å². The lowest BCUT2D eigenvalue weighted by atomic mass is 10.1. The van der Waals surface area contributed by atoms with Gasteiger partial charge in [0.1, 0.15) is 5.76 Å². The van der Waals surface area contributed by atoms with Crippen LogP contribution >= 0.6 is 0 Å². The minimum atomic E-state index is -0.0946. The Bertz CT molecular complexity index is 1210. The normalized spacial score (nSPS) is 12.2. The van der Waals surface area contributed by atoms with E-state index in [-0.39, 0.29) is 12.7 Å². The summed E-state index contributed by atoms with van der Waals surface area (Å²) in [5, 5.41) is 0. The van der Waals surface area contributed by atoms with Crippen molar-refractivity contribution < 1.29 is 18.7 Å². The lowest BCUT2D eigenvalue weighted by Gasteiger charge is -2.23. The zero-order chi connectivity index (χ0) is 21.9. The number of aryl methyl sites for hydroxylation is 1. The number of aromatic nitrogens is 1. The molecule has 0 bridgehead atoms. The third kappa shape index (κ3) is 4.25. The summed E-state index contributed by atoms with van der Waals surface area (Å²) in [6, 6.07) is 21.6. The van der Waals surface area contributed by atoms with Crippen LogP contribution in [0.15, 0.2) is 83.6 Å². The number of carbonyl (C=O) groups is 1. The van der Waals surface area contributed by atoms with E-state index < -0.39 is 0 Å². The maximum Gasteiger partial charge on any atom is 0.254 e. The van der Waals surface area contributed by atoms with E-state index in [4.69, 9.17) is 13.9 Å². The third-order valence-corrected chi connectivity index (χ3v) is 5.58. The summed E-state index contributed by atoms with van der Waals surface area (Å²) >= 11 is 0. The number of benzene rings is 2. The van der Waals surface area contributed by atoms with Gasteiger partial charge in [0.25, 0.3) is 5.91 Å². The van der Waals surface area contributed by atoms with E-state index in [1.165, 1.54) is 11.1 Å². The van der Waals surface area contributed by atoms with E-state index in [0.29, 0.717) is 30.2 Å². The van der Waals surface area contributed by atoms with Crippen LogP contribution in [0.2, 0.25) is 0 Å². The van der Waals surface area contributed by atoms with Crippen LogP contribution in [-0.2, 0) is 19.6 Å². The second kappa shape index (κ2) is 8.67. The topological polar surface area (TPSA) is 56.8 Å². The minimum Gasteiger partial charge on any atom is -0.467 e. The Balaban J connectivity index is 1.40. The predicted molar refractivity (Wildman–Crippen MR) is 120 cm³/mol. The molecule has 0 radical (unpaired) electrons.